The van der Waals surface area contributed by atoms with Crippen molar-refractivity contribution in [2.45, 2.75) is 13.3 Å². The van der Waals surface area contributed by atoms with Gasteiger partial charge >= 0.3 is 6.03 Å². The van der Waals surface area contributed by atoms with Crippen molar-refractivity contribution in [3.8, 4) is 0 Å². The number of carbonyl (C=O) groups is 1. The minimum absolute atomic E-state index is 0.374. The molecule has 1 aliphatic heterocycles. The summed E-state index contributed by atoms with van der Waals surface area (Å²) in [6.45, 7) is 3.21. The second-order valence-corrected chi connectivity index (χ2v) is 4.68. The van der Waals surface area contributed by atoms with Gasteiger partial charge in [-0.3, -0.25) is 0 Å². The monoisotopic (exact) mass is 257 g/mol. The van der Waals surface area contributed by atoms with Crippen molar-refractivity contribution in [3.63, 3.8) is 0 Å². The molecule has 0 fully saturated rings. The summed E-state index contributed by atoms with van der Waals surface area (Å²) in [6, 6.07) is -0.374. The zero-order valence-corrected chi connectivity index (χ0v) is 10.7. The highest BCUT2D eigenvalue weighted by Crippen LogP contribution is 2.28. The minimum Gasteiger partial charge on any atom is -0.351 e. The van der Waals surface area contributed by atoms with Crippen LogP contribution in [0.4, 0.5) is 4.79 Å². The van der Waals surface area contributed by atoms with E-state index >= 15 is 0 Å². The predicted molar refractivity (Wildman–Crippen MR) is 72.4 cm³/mol. The summed E-state index contributed by atoms with van der Waals surface area (Å²) in [5, 5.41) is 1.06. The Morgan fingerprint density at radius 2 is 2.32 bits per heavy atom. The molecule has 0 spiro atoms. The molecule has 3 rings (SSSR count). The minimum atomic E-state index is -0.374. The number of fused-ring (bicyclic) bond motifs is 1. The van der Waals surface area contributed by atoms with Crippen LogP contribution in [0.1, 0.15) is 17.7 Å². The third-order valence-corrected chi connectivity index (χ3v) is 3.49. The van der Waals surface area contributed by atoms with Crippen molar-refractivity contribution in [1.82, 2.24) is 19.9 Å². The maximum Gasteiger partial charge on any atom is 0.315 e. The lowest BCUT2D eigenvalue weighted by atomic mass is 10.0. The topological polar surface area (TPSA) is 87.9 Å². The standard InChI is InChI=1S/C13H15N5O/c1-8-6-15-12-10(8)11(16-7-17-12)9-2-4-18(5-3-9)13(14)19/h2,6-7H,3-5H2,1H3,(H2,14,19)(H,15,16,17). The summed E-state index contributed by atoms with van der Waals surface area (Å²) in [6.07, 6.45) is 6.28. The van der Waals surface area contributed by atoms with Crippen molar-refractivity contribution >= 4 is 22.6 Å². The molecule has 0 aromatic carbocycles. The average Bonchev–Trinajstić information content (AvgIpc) is 2.81. The van der Waals surface area contributed by atoms with Crippen molar-refractivity contribution < 1.29 is 4.79 Å². The summed E-state index contributed by atoms with van der Waals surface area (Å²) in [5.41, 5.74) is 9.35. The van der Waals surface area contributed by atoms with Crippen LogP contribution in [0.2, 0.25) is 0 Å². The molecule has 3 N–H and O–H groups in total. The van der Waals surface area contributed by atoms with Crippen LogP contribution in [0.25, 0.3) is 16.6 Å². The number of aryl methyl sites for hydroxylation is 1. The number of rotatable bonds is 1. The maximum absolute atomic E-state index is 11.1. The molecule has 0 unspecified atom stereocenters. The van der Waals surface area contributed by atoms with E-state index in [1.54, 1.807) is 11.2 Å². The van der Waals surface area contributed by atoms with Crippen LogP contribution in [-0.2, 0) is 0 Å². The average molecular weight is 257 g/mol. The second-order valence-electron chi connectivity index (χ2n) is 4.68. The second kappa shape index (κ2) is 4.38. The van der Waals surface area contributed by atoms with E-state index in [4.69, 9.17) is 5.73 Å². The first-order valence-electron chi connectivity index (χ1n) is 6.19. The van der Waals surface area contributed by atoms with Gasteiger partial charge in [-0.15, -0.1) is 0 Å². The zero-order valence-electron chi connectivity index (χ0n) is 10.7. The molecular weight excluding hydrogens is 242 g/mol. The molecule has 2 aromatic heterocycles. The van der Waals surface area contributed by atoms with Gasteiger partial charge in [0.15, 0.2) is 0 Å². The summed E-state index contributed by atoms with van der Waals surface area (Å²) in [4.78, 5) is 24.5. The van der Waals surface area contributed by atoms with Gasteiger partial charge < -0.3 is 15.6 Å². The van der Waals surface area contributed by atoms with Crippen LogP contribution < -0.4 is 5.73 Å². The Morgan fingerprint density at radius 1 is 1.47 bits per heavy atom. The van der Waals surface area contributed by atoms with E-state index in [2.05, 4.69) is 15.0 Å². The number of hydrogen-bond donors (Lipinski definition) is 2. The quantitative estimate of drug-likeness (QED) is 0.810. The molecule has 0 bridgehead atoms. The van der Waals surface area contributed by atoms with Crippen LogP contribution in [-0.4, -0.2) is 39.0 Å². The molecule has 0 radical (unpaired) electrons. The molecule has 6 nitrogen and oxygen atoms in total. The van der Waals surface area contributed by atoms with Gasteiger partial charge in [0.05, 0.1) is 5.69 Å². The summed E-state index contributed by atoms with van der Waals surface area (Å²) in [5.74, 6) is 0. The van der Waals surface area contributed by atoms with Gasteiger partial charge in [0.1, 0.15) is 12.0 Å². The molecule has 1 aliphatic rings. The molecule has 0 saturated heterocycles. The molecule has 2 aromatic rings. The molecule has 0 aliphatic carbocycles. The Kier molecular flexibility index (Phi) is 2.70. The van der Waals surface area contributed by atoms with Crippen molar-refractivity contribution in [3.05, 3.63) is 29.9 Å². The number of primary amides is 1. The fourth-order valence-electron chi connectivity index (χ4n) is 2.45. The third kappa shape index (κ3) is 1.95. The smallest absolute Gasteiger partial charge is 0.315 e. The normalized spacial score (nSPS) is 15.6. The fourth-order valence-corrected chi connectivity index (χ4v) is 2.45. The lowest BCUT2D eigenvalue weighted by molar-refractivity contribution is 0.213. The first kappa shape index (κ1) is 11.7. The van der Waals surface area contributed by atoms with E-state index in [0.29, 0.717) is 13.1 Å². The van der Waals surface area contributed by atoms with Gasteiger partial charge in [-0.25, -0.2) is 14.8 Å². The Labute approximate surface area is 110 Å². The third-order valence-electron chi connectivity index (χ3n) is 3.49. The van der Waals surface area contributed by atoms with Crippen LogP contribution in [0.5, 0.6) is 0 Å². The van der Waals surface area contributed by atoms with Crippen molar-refractivity contribution in [1.29, 1.82) is 0 Å². The number of nitrogens with one attached hydrogen (secondary N) is 1. The molecule has 0 atom stereocenters. The number of urea groups is 1. The van der Waals surface area contributed by atoms with E-state index < -0.39 is 0 Å². The van der Waals surface area contributed by atoms with Crippen molar-refractivity contribution in [2.75, 3.05) is 13.1 Å². The van der Waals surface area contributed by atoms with Gasteiger partial charge in [-0.2, -0.15) is 0 Å². The van der Waals surface area contributed by atoms with Crippen LogP contribution in [0, 0.1) is 6.92 Å². The lowest BCUT2D eigenvalue weighted by Gasteiger charge is -2.24. The zero-order chi connectivity index (χ0) is 13.4. The van der Waals surface area contributed by atoms with E-state index in [0.717, 1.165) is 34.3 Å². The van der Waals surface area contributed by atoms with Gasteiger partial charge in [-0.05, 0) is 24.5 Å². The molecule has 19 heavy (non-hydrogen) atoms. The van der Waals surface area contributed by atoms with Gasteiger partial charge in [-0.1, -0.05) is 6.08 Å². The number of H-pyrrole nitrogens is 1. The number of amides is 2. The molecular formula is C13H15N5O. The SMILES string of the molecule is Cc1c[nH]c2ncnc(C3=CCN(C(N)=O)CC3)c12. The van der Waals surface area contributed by atoms with E-state index in [1.807, 2.05) is 19.2 Å². The molecule has 2 amide bonds. The van der Waals surface area contributed by atoms with Crippen LogP contribution in [0.3, 0.4) is 0 Å². The lowest BCUT2D eigenvalue weighted by Crippen LogP contribution is -2.38. The first-order valence-corrected chi connectivity index (χ1v) is 6.19. The Hall–Kier alpha value is -2.37. The molecule has 98 valence electrons. The molecule has 0 saturated carbocycles. The highest BCUT2D eigenvalue weighted by atomic mass is 16.2. The van der Waals surface area contributed by atoms with E-state index in [1.165, 1.54) is 0 Å². The Balaban J connectivity index is 2.02. The van der Waals surface area contributed by atoms with Gasteiger partial charge in [0.2, 0.25) is 0 Å². The number of hydrogen-bond acceptors (Lipinski definition) is 3. The molecule has 6 heteroatoms. The Bertz CT molecular complexity index is 673. The maximum atomic E-state index is 11.1. The largest absolute Gasteiger partial charge is 0.351 e. The number of nitrogens with two attached hydrogens (primary N) is 1. The van der Waals surface area contributed by atoms with Crippen LogP contribution in [0.15, 0.2) is 18.6 Å². The predicted octanol–water partition coefficient (Wildman–Crippen LogP) is 1.43. The molecule has 3 heterocycles. The van der Waals surface area contributed by atoms with E-state index in [9.17, 15) is 4.79 Å². The van der Waals surface area contributed by atoms with Crippen molar-refractivity contribution in [2.24, 2.45) is 5.73 Å². The number of aromatic amines is 1. The van der Waals surface area contributed by atoms with Gasteiger partial charge in [0.25, 0.3) is 0 Å². The summed E-state index contributed by atoms with van der Waals surface area (Å²) < 4.78 is 0. The number of aromatic nitrogens is 3. The Morgan fingerprint density at radius 3 is 3.00 bits per heavy atom. The number of carbonyl (C=O) groups excluding carboxylic acids is 1. The fraction of sp³-hybridized carbons (Fsp3) is 0.308. The number of nitrogens with zero attached hydrogens (tertiary/aromatic N) is 3. The summed E-state index contributed by atoms with van der Waals surface area (Å²) >= 11 is 0. The van der Waals surface area contributed by atoms with Gasteiger partial charge in [0, 0.05) is 24.7 Å². The first-order chi connectivity index (χ1) is 9.16. The summed E-state index contributed by atoms with van der Waals surface area (Å²) in [7, 11) is 0. The highest BCUT2D eigenvalue weighted by molar-refractivity contribution is 5.91. The van der Waals surface area contributed by atoms with Crippen LogP contribution >= 0.6 is 0 Å². The van der Waals surface area contributed by atoms with E-state index in [-0.39, 0.29) is 6.03 Å². The highest BCUT2D eigenvalue weighted by Gasteiger charge is 2.18.